The van der Waals surface area contributed by atoms with Crippen molar-refractivity contribution in [3.63, 3.8) is 0 Å². The Kier molecular flexibility index (Phi) is 4.79. The molecule has 1 aromatic carbocycles. The Morgan fingerprint density at radius 2 is 2.04 bits per heavy atom. The summed E-state index contributed by atoms with van der Waals surface area (Å²) in [5.74, 6) is 0.0641. The van der Waals surface area contributed by atoms with Crippen molar-refractivity contribution in [2.45, 2.75) is 38.0 Å². The van der Waals surface area contributed by atoms with Crippen molar-refractivity contribution in [2.24, 2.45) is 0 Å². The summed E-state index contributed by atoms with van der Waals surface area (Å²) in [5, 5.41) is 2.71. The van der Waals surface area contributed by atoms with Gasteiger partial charge in [-0.15, -0.1) is 0 Å². The maximum absolute atomic E-state index is 13.0. The van der Waals surface area contributed by atoms with E-state index in [1.807, 2.05) is 36.2 Å². The second kappa shape index (κ2) is 6.86. The van der Waals surface area contributed by atoms with Crippen LogP contribution < -0.4 is 10.2 Å². The number of likely N-dealkylation sites (N-methyl/N-ethyl adjacent to an activating group) is 1. The van der Waals surface area contributed by atoms with E-state index >= 15 is 0 Å². The van der Waals surface area contributed by atoms with E-state index in [1.54, 1.807) is 4.90 Å². The maximum atomic E-state index is 13.0. The molecule has 134 valence electrons. The first kappa shape index (κ1) is 17.5. The third-order valence-electron chi connectivity index (χ3n) is 5.28. The van der Waals surface area contributed by atoms with Crippen LogP contribution in [-0.2, 0) is 19.8 Å². The van der Waals surface area contributed by atoms with Crippen LogP contribution in [0.2, 0.25) is 0 Å². The summed E-state index contributed by atoms with van der Waals surface area (Å²) in [7, 11) is 1.81. The van der Waals surface area contributed by atoms with Gasteiger partial charge in [-0.3, -0.25) is 14.4 Å². The second-order valence-corrected chi connectivity index (χ2v) is 6.97. The van der Waals surface area contributed by atoms with E-state index in [1.165, 1.54) is 6.92 Å². The molecule has 0 saturated carbocycles. The molecule has 6 nitrogen and oxygen atoms in total. The van der Waals surface area contributed by atoms with Gasteiger partial charge in [0, 0.05) is 45.7 Å². The van der Waals surface area contributed by atoms with Crippen molar-refractivity contribution in [3.05, 3.63) is 29.8 Å². The van der Waals surface area contributed by atoms with Crippen LogP contribution >= 0.6 is 0 Å². The van der Waals surface area contributed by atoms with Gasteiger partial charge in [0.15, 0.2) is 0 Å². The summed E-state index contributed by atoms with van der Waals surface area (Å²) in [6, 6.07) is 7.88. The number of amides is 3. The summed E-state index contributed by atoms with van der Waals surface area (Å²) in [5.41, 5.74) is 1.39. The van der Waals surface area contributed by atoms with Gasteiger partial charge in [-0.05, 0) is 30.9 Å². The minimum atomic E-state index is -0.600. The fourth-order valence-corrected chi connectivity index (χ4v) is 4.04. The van der Waals surface area contributed by atoms with Gasteiger partial charge in [-0.2, -0.15) is 0 Å². The van der Waals surface area contributed by atoms with Crippen LogP contribution in [0, 0.1) is 0 Å². The summed E-state index contributed by atoms with van der Waals surface area (Å²) >= 11 is 0. The lowest BCUT2D eigenvalue weighted by molar-refractivity contribution is -0.136. The predicted molar refractivity (Wildman–Crippen MR) is 95.3 cm³/mol. The summed E-state index contributed by atoms with van der Waals surface area (Å²) in [4.78, 5) is 40.0. The van der Waals surface area contributed by atoms with Gasteiger partial charge in [0.2, 0.25) is 17.7 Å². The molecule has 6 heteroatoms. The SMILES string of the molecule is CC(=O)NCCCC(=O)N1CCC[C@@]2(C1)C(=O)N(C)c1ccccc12. The van der Waals surface area contributed by atoms with Gasteiger partial charge in [-0.25, -0.2) is 0 Å². The van der Waals surface area contributed by atoms with Gasteiger partial charge in [0.25, 0.3) is 0 Å². The van der Waals surface area contributed by atoms with Crippen molar-refractivity contribution in [1.29, 1.82) is 0 Å². The number of nitrogens with zero attached hydrogens (tertiary/aromatic N) is 2. The zero-order chi connectivity index (χ0) is 18.0. The second-order valence-electron chi connectivity index (χ2n) is 6.97. The lowest BCUT2D eigenvalue weighted by atomic mass is 9.75. The van der Waals surface area contributed by atoms with Crippen LogP contribution in [0.15, 0.2) is 24.3 Å². The van der Waals surface area contributed by atoms with E-state index in [2.05, 4.69) is 5.32 Å². The third-order valence-corrected chi connectivity index (χ3v) is 5.28. The lowest BCUT2D eigenvalue weighted by Crippen LogP contribution is -2.53. The highest BCUT2D eigenvalue weighted by molar-refractivity contribution is 6.08. The Bertz CT molecular complexity index is 703. The van der Waals surface area contributed by atoms with Crippen LogP contribution in [0.4, 0.5) is 5.69 Å². The van der Waals surface area contributed by atoms with Crippen molar-refractivity contribution in [3.8, 4) is 0 Å². The zero-order valence-electron chi connectivity index (χ0n) is 14.9. The first-order valence-corrected chi connectivity index (χ1v) is 8.85. The highest BCUT2D eigenvalue weighted by Crippen LogP contribution is 2.46. The standard InChI is InChI=1S/C19H25N3O3/c1-14(23)20-11-5-9-17(24)22-12-6-10-19(13-22)15-7-3-4-8-16(15)21(2)18(19)25/h3-4,7-8H,5-6,9-13H2,1-2H3,(H,20,23)/t19-/m0/s1. The summed E-state index contributed by atoms with van der Waals surface area (Å²) < 4.78 is 0. The number of carbonyl (C=O) groups is 3. The van der Waals surface area contributed by atoms with Crippen molar-refractivity contribution >= 4 is 23.4 Å². The number of nitrogens with one attached hydrogen (secondary N) is 1. The van der Waals surface area contributed by atoms with Gasteiger partial charge >= 0.3 is 0 Å². The first-order chi connectivity index (χ1) is 12.0. The molecule has 0 bridgehead atoms. The molecule has 1 spiro atoms. The number of rotatable bonds is 4. The van der Waals surface area contributed by atoms with E-state index in [4.69, 9.17) is 0 Å². The summed E-state index contributed by atoms with van der Waals surface area (Å²) in [6.45, 7) is 3.12. The fraction of sp³-hybridized carbons (Fsp3) is 0.526. The van der Waals surface area contributed by atoms with Crippen LogP contribution in [0.25, 0.3) is 0 Å². The fourth-order valence-electron chi connectivity index (χ4n) is 4.04. The molecule has 2 aliphatic heterocycles. The number of para-hydroxylation sites is 1. The monoisotopic (exact) mass is 343 g/mol. The molecule has 1 atom stereocenters. The maximum Gasteiger partial charge on any atom is 0.239 e. The molecule has 3 amide bonds. The number of likely N-dealkylation sites (tertiary alicyclic amines) is 1. The van der Waals surface area contributed by atoms with Crippen molar-refractivity contribution < 1.29 is 14.4 Å². The molecule has 1 saturated heterocycles. The Morgan fingerprint density at radius 1 is 1.28 bits per heavy atom. The normalized spacial score (nSPS) is 22.2. The number of benzene rings is 1. The molecule has 2 heterocycles. The number of piperidine rings is 1. The molecular formula is C19H25N3O3. The Morgan fingerprint density at radius 3 is 2.80 bits per heavy atom. The van der Waals surface area contributed by atoms with Gasteiger partial charge in [-0.1, -0.05) is 18.2 Å². The van der Waals surface area contributed by atoms with E-state index in [9.17, 15) is 14.4 Å². The molecule has 25 heavy (non-hydrogen) atoms. The van der Waals surface area contributed by atoms with Crippen molar-refractivity contribution in [1.82, 2.24) is 10.2 Å². The molecule has 1 N–H and O–H groups in total. The van der Waals surface area contributed by atoms with Crippen LogP contribution in [0.5, 0.6) is 0 Å². The number of fused-ring (bicyclic) bond motifs is 2. The molecule has 2 aliphatic rings. The van der Waals surface area contributed by atoms with E-state index < -0.39 is 5.41 Å². The Labute approximate surface area is 148 Å². The van der Waals surface area contributed by atoms with Crippen LogP contribution in [0.1, 0.15) is 38.2 Å². The molecule has 1 aromatic rings. The van der Waals surface area contributed by atoms with Gasteiger partial charge in [0.05, 0.1) is 5.41 Å². The lowest BCUT2D eigenvalue weighted by Gasteiger charge is -2.39. The van der Waals surface area contributed by atoms with Gasteiger partial charge in [0.1, 0.15) is 0 Å². The highest BCUT2D eigenvalue weighted by atomic mass is 16.2. The minimum Gasteiger partial charge on any atom is -0.356 e. The topological polar surface area (TPSA) is 69.7 Å². The molecule has 0 aromatic heterocycles. The zero-order valence-corrected chi connectivity index (χ0v) is 14.9. The van der Waals surface area contributed by atoms with E-state index in [0.717, 1.165) is 24.1 Å². The molecule has 3 rings (SSSR count). The Balaban J connectivity index is 1.72. The highest BCUT2D eigenvalue weighted by Gasteiger charge is 2.52. The van der Waals surface area contributed by atoms with Crippen LogP contribution in [0.3, 0.4) is 0 Å². The largest absolute Gasteiger partial charge is 0.356 e. The van der Waals surface area contributed by atoms with E-state index in [0.29, 0.717) is 32.5 Å². The molecule has 1 fully saturated rings. The number of hydrogen-bond acceptors (Lipinski definition) is 3. The van der Waals surface area contributed by atoms with Crippen molar-refractivity contribution in [2.75, 3.05) is 31.6 Å². The summed E-state index contributed by atoms with van der Waals surface area (Å²) in [6.07, 6.45) is 2.61. The predicted octanol–water partition coefficient (Wildman–Crippen LogP) is 1.44. The number of carbonyl (C=O) groups excluding carboxylic acids is 3. The average molecular weight is 343 g/mol. The quantitative estimate of drug-likeness (QED) is 0.841. The van der Waals surface area contributed by atoms with Gasteiger partial charge < -0.3 is 15.1 Å². The molecule has 0 aliphatic carbocycles. The molecule has 0 unspecified atom stereocenters. The number of hydrogen-bond donors (Lipinski definition) is 1. The molecular weight excluding hydrogens is 318 g/mol. The smallest absolute Gasteiger partial charge is 0.239 e. The third kappa shape index (κ3) is 3.13. The first-order valence-electron chi connectivity index (χ1n) is 8.85. The molecule has 0 radical (unpaired) electrons. The minimum absolute atomic E-state index is 0.0595. The van der Waals surface area contributed by atoms with E-state index in [-0.39, 0.29) is 17.7 Å². The van der Waals surface area contributed by atoms with Crippen LogP contribution in [-0.4, -0.2) is 49.3 Å². The Hall–Kier alpha value is -2.37. The number of anilines is 1. The average Bonchev–Trinajstić information content (AvgIpc) is 2.81.